The third kappa shape index (κ3) is 4.02. The van der Waals surface area contributed by atoms with Gasteiger partial charge in [-0.05, 0) is 12.1 Å². The zero-order valence-corrected chi connectivity index (χ0v) is 15.3. The highest BCUT2D eigenvalue weighted by Crippen LogP contribution is 2.35. The van der Waals surface area contributed by atoms with Crippen molar-refractivity contribution in [3.8, 4) is 5.75 Å². The second-order valence-corrected chi connectivity index (χ2v) is 6.72. The van der Waals surface area contributed by atoms with Gasteiger partial charge in [-0.25, -0.2) is 0 Å². The number of carbonyl (C=O) groups excluding carboxylic acids is 1. The van der Waals surface area contributed by atoms with Gasteiger partial charge in [-0.2, -0.15) is 0 Å². The number of para-hydroxylation sites is 1. The SMILES string of the molecule is CC(=O)O[C@@H]1[C@@H](O)[C@H](Oc2ccccc2)O[C@@H]2CO[C@@H](c3ccccc3)O[C@@H]12. The van der Waals surface area contributed by atoms with E-state index >= 15 is 0 Å². The Kier molecular flexibility index (Phi) is 5.59. The summed E-state index contributed by atoms with van der Waals surface area (Å²) in [7, 11) is 0. The number of rotatable bonds is 4. The van der Waals surface area contributed by atoms with Gasteiger partial charge in [-0.1, -0.05) is 48.5 Å². The molecule has 148 valence electrons. The number of fused-ring (bicyclic) bond motifs is 1. The quantitative estimate of drug-likeness (QED) is 0.807. The predicted molar refractivity (Wildman–Crippen MR) is 97.3 cm³/mol. The van der Waals surface area contributed by atoms with Crippen molar-refractivity contribution < 1.29 is 33.6 Å². The minimum atomic E-state index is -1.22. The van der Waals surface area contributed by atoms with E-state index in [0.29, 0.717) is 5.75 Å². The van der Waals surface area contributed by atoms with Crippen LogP contribution in [0.5, 0.6) is 5.75 Å². The van der Waals surface area contributed by atoms with Gasteiger partial charge in [-0.3, -0.25) is 4.79 Å². The molecule has 7 heteroatoms. The second-order valence-electron chi connectivity index (χ2n) is 6.72. The number of aliphatic hydroxyl groups is 1. The number of hydrogen-bond acceptors (Lipinski definition) is 7. The fraction of sp³-hybridized carbons (Fsp3) is 0.381. The molecule has 1 N–H and O–H groups in total. The molecule has 0 radical (unpaired) electrons. The molecule has 0 aromatic heterocycles. The Bertz CT molecular complexity index is 782. The van der Waals surface area contributed by atoms with Crippen LogP contribution in [0.15, 0.2) is 60.7 Å². The summed E-state index contributed by atoms with van der Waals surface area (Å²) in [6.07, 6.45) is -5.06. The smallest absolute Gasteiger partial charge is 0.303 e. The highest BCUT2D eigenvalue weighted by molar-refractivity contribution is 5.66. The molecule has 2 heterocycles. The Balaban J connectivity index is 1.54. The van der Waals surface area contributed by atoms with Crippen molar-refractivity contribution >= 4 is 5.97 Å². The van der Waals surface area contributed by atoms with Crippen LogP contribution in [0.25, 0.3) is 0 Å². The van der Waals surface area contributed by atoms with E-state index in [2.05, 4.69) is 0 Å². The zero-order chi connectivity index (χ0) is 19.5. The fourth-order valence-electron chi connectivity index (χ4n) is 3.40. The van der Waals surface area contributed by atoms with Crippen molar-refractivity contribution in [3.63, 3.8) is 0 Å². The van der Waals surface area contributed by atoms with E-state index in [1.54, 1.807) is 12.1 Å². The first-order valence-electron chi connectivity index (χ1n) is 9.16. The van der Waals surface area contributed by atoms with Crippen LogP contribution in [-0.4, -0.2) is 48.4 Å². The lowest BCUT2D eigenvalue weighted by atomic mass is 9.97. The third-order valence-electron chi connectivity index (χ3n) is 4.68. The molecule has 2 saturated heterocycles. The number of ether oxygens (including phenoxy) is 5. The molecule has 6 atom stereocenters. The monoisotopic (exact) mass is 386 g/mol. The minimum absolute atomic E-state index is 0.212. The number of hydrogen-bond donors (Lipinski definition) is 1. The summed E-state index contributed by atoms with van der Waals surface area (Å²) in [5.41, 5.74) is 0.833. The van der Waals surface area contributed by atoms with Crippen LogP contribution in [0, 0.1) is 0 Å². The van der Waals surface area contributed by atoms with Crippen molar-refractivity contribution in [2.45, 2.75) is 43.9 Å². The molecule has 2 aromatic rings. The topological polar surface area (TPSA) is 83.5 Å². The van der Waals surface area contributed by atoms with Crippen molar-refractivity contribution in [1.82, 2.24) is 0 Å². The van der Waals surface area contributed by atoms with Crippen LogP contribution in [0.2, 0.25) is 0 Å². The van der Waals surface area contributed by atoms with Gasteiger partial charge in [0.15, 0.2) is 18.5 Å². The molecule has 2 fully saturated rings. The summed E-state index contributed by atoms with van der Waals surface area (Å²) < 4.78 is 28.9. The molecule has 0 unspecified atom stereocenters. The van der Waals surface area contributed by atoms with Gasteiger partial charge in [0, 0.05) is 12.5 Å². The molecular weight excluding hydrogens is 364 g/mol. The van der Waals surface area contributed by atoms with Crippen LogP contribution >= 0.6 is 0 Å². The van der Waals surface area contributed by atoms with E-state index in [1.807, 2.05) is 48.5 Å². The lowest BCUT2D eigenvalue weighted by molar-refractivity contribution is -0.350. The molecular formula is C21H22O7. The Morgan fingerprint density at radius 2 is 1.71 bits per heavy atom. The maximum atomic E-state index is 11.6. The minimum Gasteiger partial charge on any atom is -0.462 e. The van der Waals surface area contributed by atoms with Gasteiger partial charge in [0.05, 0.1) is 6.61 Å². The standard InChI is InChI=1S/C21H22O7/c1-13(22)25-19-17(23)21(26-15-10-6-3-7-11-15)27-16-12-24-20(28-18(16)19)14-8-4-2-5-9-14/h2-11,16-21,23H,12H2,1H3/t16-,17-,18-,19-,20-,21-/m1/s1. The fourth-order valence-corrected chi connectivity index (χ4v) is 3.40. The normalized spacial score (nSPS) is 32.2. The largest absolute Gasteiger partial charge is 0.462 e. The Hall–Kier alpha value is -2.45. The van der Waals surface area contributed by atoms with E-state index in [4.69, 9.17) is 23.7 Å². The van der Waals surface area contributed by atoms with Crippen molar-refractivity contribution in [3.05, 3.63) is 66.2 Å². The second kappa shape index (κ2) is 8.28. The first-order chi connectivity index (χ1) is 13.6. The summed E-state index contributed by atoms with van der Waals surface area (Å²) in [5.74, 6) is 0.0147. The average molecular weight is 386 g/mol. The van der Waals surface area contributed by atoms with Crippen molar-refractivity contribution in [1.29, 1.82) is 0 Å². The highest BCUT2D eigenvalue weighted by Gasteiger charge is 2.52. The van der Waals surface area contributed by atoms with Gasteiger partial charge in [0.1, 0.15) is 18.0 Å². The molecule has 2 aliphatic heterocycles. The van der Waals surface area contributed by atoms with Crippen LogP contribution < -0.4 is 4.74 Å². The lowest BCUT2D eigenvalue weighted by Crippen LogP contribution is -2.64. The summed E-state index contributed by atoms with van der Waals surface area (Å²) in [6.45, 7) is 1.50. The molecule has 28 heavy (non-hydrogen) atoms. The van der Waals surface area contributed by atoms with Crippen LogP contribution in [0.1, 0.15) is 18.8 Å². The molecule has 0 bridgehead atoms. The Morgan fingerprint density at radius 3 is 2.39 bits per heavy atom. The third-order valence-corrected chi connectivity index (χ3v) is 4.68. The molecule has 0 amide bonds. The van der Waals surface area contributed by atoms with E-state index in [1.165, 1.54) is 6.92 Å². The first-order valence-corrected chi connectivity index (χ1v) is 9.16. The maximum absolute atomic E-state index is 11.6. The lowest BCUT2D eigenvalue weighted by Gasteiger charge is -2.47. The molecule has 2 aliphatic rings. The van der Waals surface area contributed by atoms with Crippen molar-refractivity contribution in [2.75, 3.05) is 6.61 Å². The summed E-state index contributed by atoms with van der Waals surface area (Å²) in [4.78, 5) is 11.6. The van der Waals surface area contributed by atoms with Crippen LogP contribution in [0.4, 0.5) is 0 Å². The first kappa shape index (κ1) is 18.9. The van der Waals surface area contributed by atoms with E-state index < -0.39 is 43.0 Å². The molecule has 0 aliphatic carbocycles. The summed E-state index contributed by atoms with van der Waals surface area (Å²) in [5, 5.41) is 10.8. The number of benzene rings is 2. The molecule has 4 rings (SSSR count). The van der Waals surface area contributed by atoms with Crippen molar-refractivity contribution in [2.24, 2.45) is 0 Å². The number of carbonyl (C=O) groups is 1. The Labute approximate surface area is 162 Å². The molecule has 2 aromatic carbocycles. The van der Waals surface area contributed by atoms with Crippen LogP contribution in [-0.2, 0) is 23.7 Å². The van der Waals surface area contributed by atoms with E-state index in [9.17, 15) is 9.90 Å². The number of aliphatic hydroxyl groups excluding tert-OH is 1. The predicted octanol–water partition coefficient (Wildman–Crippen LogP) is 2.20. The Morgan fingerprint density at radius 1 is 1.04 bits per heavy atom. The van der Waals surface area contributed by atoms with Gasteiger partial charge in [0.25, 0.3) is 0 Å². The average Bonchev–Trinajstić information content (AvgIpc) is 2.72. The van der Waals surface area contributed by atoms with E-state index in [0.717, 1.165) is 5.56 Å². The molecule has 0 spiro atoms. The summed E-state index contributed by atoms with van der Waals surface area (Å²) >= 11 is 0. The van der Waals surface area contributed by atoms with Gasteiger partial charge in [-0.15, -0.1) is 0 Å². The van der Waals surface area contributed by atoms with Gasteiger partial charge in [0.2, 0.25) is 6.29 Å². The zero-order valence-electron chi connectivity index (χ0n) is 15.3. The van der Waals surface area contributed by atoms with Gasteiger partial charge >= 0.3 is 5.97 Å². The molecule has 0 saturated carbocycles. The highest BCUT2D eigenvalue weighted by atomic mass is 16.8. The molecule has 7 nitrogen and oxygen atoms in total. The van der Waals surface area contributed by atoms with E-state index in [-0.39, 0.29) is 6.61 Å². The van der Waals surface area contributed by atoms with Gasteiger partial charge < -0.3 is 28.8 Å². The number of esters is 1. The maximum Gasteiger partial charge on any atom is 0.303 e. The summed E-state index contributed by atoms with van der Waals surface area (Å²) in [6, 6.07) is 18.4. The van der Waals surface area contributed by atoms with Crippen LogP contribution in [0.3, 0.4) is 0 Å².